The second-order valence-corrected chi connectivity index (χ2v) is 3.75. The molecule has 0 radical (unpaired) electrons. The van der Waals surface area contributed by atoms with Crippen molar-refractivity contribution in [1.29, 1.82) is 0 Å². The van der Waals surface area contributed by atoms with Crippen LogP contribution in [0.5, 0.6) is 0 Å². The average molecular weight is 283 g/mol. The number of carboxylic acid groups (broad SMARTS) is 1. The van der Waals surface area contributed by atoms with Gasteiger partial charge in [0.1, 0.15) is 11.3 Å². The van der Waals surface area contributed by atoms with Crippen molar-refractivity contribution in [2.75, 3.05) is 0 Å². The number of nitrogens with zero attached hydrogens (tertiary/aromatic N) is 3. The van der Waals surface area contributed by atoms with Crippen molar-refractivity contribution >= 4 is 11.7 Å². The SMILES string of the molecule is O=C(O)c1cn(-c2ccc([N+](=O)[O-])cc2)nc1C(F)F. The number of alkyl halides is 2. The van der Waals surface area contributed by atoms with Crippen LogP contribution >= 0.6 is 0 Å². The van der Waals surface area contributed by atoms with Gasteiger partial charge in [0, 0.05) is 18.3 Å². The summed E-state index contributed by atoms with van der Waals surface area (Å²) in [5.74, 6) is -1.52. The van der Waals surface area contributed by atoms with Crippen LogP contribution in [0.15, 0.2) is 30.5 Å². The highest BCUT2D eigenvalue weighted by atomic mass is 19.3. The van der Waals surface area contributed by atoms with Crippen molar-refractivity contribution in [1.82, 2.24) is 9.78 Å². The molecule has 0 atom stereocenters. The van der Waals surface area contributed by atoms with E-state index in [2.05, 4.69) is 5.10 Å². The van der Waals surface area contributed by atoms with Crippen molar-refractivity contribution in [3.8, 4) is 5.69 Å². The molecule has 0 unspecified atom stereocenters. The van der Waals surface area contributed by atoms with Crippen molar-refractivity contribution in [3.05, 3.63) is 51.8 Å². The van der Waals surface area contributed by atoms with Crippen LogP contribution < -0.4 is 0 Å². The molecule has 20 heavy (non-hydrogen) atoms. The Kier molecular flexibility index (Phi) is 3.42. The summed E-state index contributed by atoms with van der Waals surface area (Å²) >= 11 is 0. The lowest BCUT2D eigenvalue weighted by molar-refractivity contribution is -0.384. The number of hydrogen-bond acceptors (Lipinski definition) is 4. The Morgan fingerprint density at radius 3 is 2.35 bits per heavy atom. The molecule has 0 amide bonds. The van der Waals surface area contributed by atoms with Gasteiger partial charge in [-0.25, -0.2) is 18.3 Å². The van der Waals surface area contributed by atoms with E-state index in [0.717, 1.165) is 10.9 Å². The summed E-state index contributed by atoms with van der Waals surface area (Å²) in [6.45, 7) is 0. The van der Waals surface area contributed by atoms with E-state index in [0.29, 0.717) is 0 Å². The molecule has 0 saturated heterocycles. The number of aromatic nitrogens is 2. The minimum Gasteiger partial charge on any atom is -0.478 e. The molecule has 7 nitrogen and oxygen atoms in total. The predicted molar refractivity (Wildman–Crippen MR) is 62.1 cm³/mol. The van der Waals surface area contributed by atoms with Crippen LogP contribution in [0.4, 0.5) is 14.5 Å². The van der Waals surface area contributed by atoms with Gasteiger partial charge in [-0.2, -0.15) is 5.10 Å². The van der Waals surface area contributed by atoms with E-state index in [1.54, 1.807) is 0 Å². The molecule has 0 aliphatic rings. The highest BCUT2D eigenvalue weighted by Crippen LogP contribution is 2.23. The van der Waals surface area contributed by atoms with Crippen molar-refractivity contribution in [3.63, 3.8) is 0 Å². The fraction of sp³-hybridized carbons (Fsp3) is 0.0909. The molecule has 0 bridgehead atoms. The van der Waals surface area contributed by atoms with E-state index >= 15 is 0 Å². The van der Waals surface area contributed by atoms with Crippen LogP contribution in [0, 0.1) is 10.1 Å². The molecular weight excluding hydrogens is 276 g/mol. The molecule has 0 aliphatic carbocycles. The number of benzene rings is 1. The molecule has 1 aromatic heterocycles. The number of nitro benzene ring substituents is 1. The molecule has 2 aromatic rings. The number of rotatable bonds is 4. The maximum Gasteiger partial charge on any atom is 0.339 e. The van der Waals surface area contributed by atoms with E-state index in [9.17, 15) is 23.7 Å². The van der Waals surface area contributed by atoms with E-state index in [1.165, 1.54) is 24.3 Å². The lowest BCUT2D eigenvalue weighted by Gasteiger charge is -2.00. The third-order valence-corrected chi connectivity index (χ3v) is 2.50. The third-order valence-electron chi connectivity index (χ3n) is 2.50. The Hall–Kier alpha value is -2.84. The maximum absolute atomic E-state index is 12.7. The lowest BCUT2D eigenvalue weighted by atomic mass is 10.2. The Morgan fingerprint density at radius 2 is 1.95 bits per heavy atom. The summed E-state index contributed by atoms with van der Waals surface area (Å²) in [7, 11) is 0. The third kappa shape index (κ3) is 2.46. The monoisotopic (exact) mass is 283 g/mol. The summed E-state index contributed by atoms with van der Waals surface area (Å²) in [5, 5.41) is 22.8. The van der Waals surface area contributed by atoms with Crippen molar-refractivity contribution < 1.29 is 23.6 Å². The molecule has 104 valence electrons. The first-order valence-electron chi connectivity index (χ1n) is 5.26. The number of hydrogen-bond donors (Lipinski definition) is 1. The largest absolute Gasteiger partial charge is 0.478 e. The quantitative estimate of drug-likeness (QED) is 0.686. The van der Waals surface area contributed by atoms with Gasteiger partial charge in [0.25, 0.3) is 12.1 Å². The van der Waals surface area contributed by atoms with Crippen molar-refractivity contribution in [2.24, 2.45) is 0 Å². The van der Waals surface area contributed by atoms with E-state index in [1.807, 2.05) is 0 Å². The van der Waals surface area contributed by atoms with Crippen LogP contribution in [0.2, 0.25) is 0 Å². The van der Waals surface area contributed by atoms with Gasteiger partial charge in [-0.1, -0.05) is 0 Å². The molecule has 0 aliphatic heterocycles. The van der Waals surface area contributed by atoms with Gasteiger partial charge < -0.3 is 5.11 Å². The summed E-state index contributed by atoms with van der Waals surface area (Å²) < 4.78 is 26.3. The van der Waals surface area contributed by atoms with Crippen LogP contribution in [0.3, 0.4) is 0 Å². The van der Waals surface area contributed by atoms with Crippen LogP contribution in [0.1, 0.15) is 22.5 Å². The fourth-order valence-corrected chi connectivity index (χ4v) is 1.57. The van der Waals surface area contributed by atoms with Crippen LogP contribution in [0.25, 0.3) is 5.69 Å². The highest BCUT2D eigenvalue weighted by Gasteiger charge is 2.23. The second kappa shape index (κ2) is 5.03. The topological polar surface area (TPSA) is 98.3 Å². The number of carbonyl (C=O) groups is 1. The summed E-state index contributed by atoms with van der Waals surface area (Å²) in [6.07, 6.45) is -2.09. The number of halogens is 2. The predicted octanol–water partition coefficient (Wildman–Crippen LogP) is 2.42. The Bertz CT molecular complexity index is 667. The fourth-order valence-electron chi connectivity index (χ4n) is 1.57. The molecule has 0 spiro atoms. The molecule has 1 N–H and O–H groups in total. The smallest absolute Gasteiger partial charge is 0.339 e. The number of non-ortho nitro benzene ring substituents is 1. The minimum atomic E-state index is -3.03. The van der Waals surface area contributed by atoms with Crippen molar-refractivity contribution in [2.45, 2.75) is 6.43 Å². The van der Waals surface area contributed by atoms with Gasteiger partial charge in [-0.15, -0.1) is 0 Å². The normalized spacial score (nSPS) is 10.8. The zero-order valence-corrected chi connectivity index (χ0v) is 9.73. The molecular formula is C11H7F2N3O4. The first-order valence-corrected chi connectivity index (χ1v) is 5.26. The number of aromatic carboxylic acids is 1. The molecule has 2 rings (SSSR count). The van der Waals surface area contributed by atoms with Gasteiger partial charge in [0.2, 0.25) is 0 Å². The Morgan fingerprint density at radius 1 is 1.35 bits per heavy atom. The minimum absolute atomic E-state index is 0.173. The van der Waals surface area contributed by atoms with Gasteiger partial charge in [0.15, 0.2) is 0 Å². The summed E-state index contributed by atoms with van der Waals surface area (Å²) in [5.41, 5.74) is -1.40. The van der Waals surface area contributed by atoms with Crippen LogP contribution in [-0.2, 0) is 0 Å². The highest BCUT2D eigenvalue weighted by molar-refractivity contribution is 5.88. The average Bonchev–Trinajstić information content (AvgIpc) is 2.84. The number of nitro groups is 1. The van der Waals surface area contributed by atoms with E-state index in [4.69, 9.17) is 5.11 Å². The van der Waals surface area contributed by atoms with E-state index in [-0.39, 0.29) is 11.4 Å². The van der Waals surface area contributed by atoms with Gasteiger partial charge >= 0.3 is 5.97 Å². The van der Waals surface area contributed by atoms with Crippen LogP contribution in [-0.4, -0.2) is 25.8 Å². The molecule has 0 saturated carbocycles. The second-order valence-electron chi connectivity index (χ2n) is 3.75. The van der Waals surface area contributed by atoms with Gasteiger partial charge in [-0.3, -0.25) is 10.1 Å². The van der Waals surface area contributed by atoms with Gasteiger partial charge in [-0.05, 0) is 12.1 Å². The first kappa shape index (κ1) is 13.6. The molecule has 1 aromatic carbocycles. The number of carboxylic acids is 1. The maximum atomic E-state index is 12.7. The standard InChI is InChI=1S/C11H7F2N3O4/c12-10(13)9-8(11(17)18)5-15(14-9)6-1-3-7(4-2-6)16(19)20/h1-5,10H,(H,17,18). The Labute approximate surface area is 110 Å². The summed E-state index contributed by atoms with van der Waals surface area (Å²) in [6, 6.07) is 4.90. The zero-order chi connectivity index (χ0) is 14.9. The Balaban J connectivity index is 2.45. The summed E-state index contributed by atoms with van der Waals surface area (Å²) in [4.78, 5) is 20.7. The zero-order valence-electron chi connectivity index (χ0n) is 9.73. The molecule has 9 heteroatoms. The van der Waals surface area contributed by atoms with Gasteiger partial charge in [0.05, 0.1) is 10.6 Å². The molecule has 1 heterocycles. The first-order chi connectivity index (χ1) is 9.40. The lowest BCUT2D eigenvalue weighted by Crippen LogP contribution is -2.00. The molecule has 0 fully saturated rings. The van der Waals surface area contributed by atoms with E-state index < -0.39 is 28.6 Å².